The first-order valence-corrected chi connectivity index (χ1v) is 21.3. The van der Waals surface area contributed by atoms with E-state index in [1.54, 1.807) is 14.2 Å². The number of methoxy groups -OCH3 is 2. The highest BCUT2D eigenvalue weighted by molar-refractivity contribution is 6.04. The van der Waals surface area contributed by atoms with Crippen molar-refractivity contribution < 1.29 is 23.6 Å². The highest BCUT2D eigenvalue weighted by atomic mass is 16.5. The molecule has 0 aromatic heterocycles. The molecule has 7 rings (SSSR count). The van der Waals surface area contributed by atoms with E-state index in [1.807, 2.05) is 12.1 Å². The normalized spacial score (nSPS) is 18.0. The van der Waals surface area contributed by atoms with Gasteiger partial charge in [-0.3, -0.25) is 9.59 Å². The summed E-state index contributed by atoms with van der Waals surface area (Å²) in [6.45, 7) is 10.2. The molecule has 4 aromatic rings. The van der Waals surface area contributed by atoms with Crippen LogP contribution in [0.4, 0.5) is 22.7 Å². The van der Waals surface area contributed by atoms with E-state index in [9.17, 15) is 9.59 Å². The van der Waals surface area contributed by atoms with Gasteiger partial charge in [-0.15, -0.1) is 0 Å². The molecule has 0 saturated carbocycles. The van der Waals surface area contributed by atoms with E-state index in [1.165, 1.54) is 28.3 Å². The molecular formula is C53H60N3O4+. The number of anilines is 3. The molecule has 60 heavy (non-hydrogen) atoms. The van der Waals surface area contributed by atoms with Crippen molar-refractivity contribution in [1.82, 2.24) is 0 Å². The summed E-state index contributed by atoms with van der Waals surface area (Å²) in [7, 11) is 7.61. The zero-order chi connectivity index (χ0) is 42.6. The van der Waals surface area contributed by atoms with Crippen molar-refractivity contribution in [3.63, 3.8) is 0 Å². The summed E-state index contributed by atoms with van der Waals surface area (Å²) in [5, 5.41) is 0. The third kappa shape index (κ3) is 8.26. The minimum atomic E-state index is -0.313. The highest BCUT2D eigenvalue weighted by Gasteiger charge is 2.44. The molecule has 0 fully saturated rings. The number of allylic oxidation sites excluding steroid dienone is 7. The summed E-state index contributed by atoms with van der Waals surface area (Å²) < 4.78 is 12.7. The van der Waals surface area contributed by atoms with Gasteiger partial charge in [0.1, 0.15) is 7.05 Å². The van der Waals surface area contributed by atoms with Crippen LogP contribution in [0.25, 0.3) is 0 Å². The van der Waals surface area contributed by atoms with Gasteiger partial charge in [-0.1, -0.05) is 62.4 Å². The number of benzene rings is 4. The predicted molar refractivity (Wildman–Crippen MR) is 246 cm³/mol. The monoisotopic (exact) mass is 802 g/mol. The van der Waals surface area contributed by atoms with E-state index in [4.69, 9.17) is 9.47 Å². The Morgan fingerprint density at radius 2 is 1.28 bits per heavy atom. The Morgan fingerprint density at radius 1 is 0.717 bits per heavy atom. The topological polar surface area (TPSA) is 62.1 Å². The van der Waals surface area contributed by atoms with Gasteiger partial charge in [-0.25, -0.2) is 0 Å². The van der Waals surface area contributed by atoms with Gasteiger partial charge in [0.25, 0.3) is 0 Å². The van der Waals surface area contributed by atoms with Gasteiger partial charge in [0.05, 0.1) is 11.1 Å². The second-order valence-corrected chi connectivity index (χ2v) is 17.2. The SMILES string of the molecule is COCCCC(=O)c1ccc2c(c1)C(C)(C)C(/C=C/C1=C(N(c3ccccc3)c3ccccc3)C(=C/C=C3/N(C)c4ccc(C(=O)CCCOC)cc4C3(C)C)/CC1)=[N+]2C. The van der Waals surface area contributed by atoms with E-state index in [0.717, 1.165) is 57.8 Å². The third-order valence-corrected chi connectivity index (χ3v) is 12.6. The van der Waals surface area contributed by atoms with Gasteiger partial charge in [-0.05, 0) is 117 Å². The molecule has 4 aromatic carbocycles. The lowest BCUT2D eigenvalue weighted by atomic mass is 9.80. The van der Waals surface area contributed by atoms with E-state index in [0.29, 0.717) is 38.9 Å². The number of rotatable bonds is 16. The van der Waals surface area contributed by atoms with Crippen molar-refractivity contribution in [3.05, 3.63) is 166 Å². The van der Waals surface area contributed by atoms with Crippen molar-refractivity contribution in [2.45, 2.75) is 77.0 Å². The van der Waals surface area contributed by atoms with E-state index < -0.39 is 0 Å². The lowest BCUT2D eigenvalue weighted by molar-refractivity contribution is -0.401. The lowest BCUT2D eigenvalue weighted by Crippen LogP contribution is -2.27. The Balaban J connectivity index is 1.29. The van der Waals surface area contributed by atoms with Crippen LogP contribution in [0, 0.1) is 0 Å². The maximum absolute atomic E-state index is 13.2. The van der Waals surface area contributed by atoms with E-state index in [-0.39, 0.29) is 22.4 Å². The quantitative estimate of drug-likeness (QED) is 0.0639. The summed E-state index contributed by atoms with van der Waals surface area (Å²) in [6.07, 6.45) is 13.4. The average molecular weight is 803 g/mol. The molecule has 7 nitrogen and oxygen atoms in total. The fraction of sp³-hybridized carbons (Fsp3) is 0.340. The first kappa shape index (κ1) is 42.5. The zero-order valence-electron chi connectivity index (χ0n) is 36.7. The minimum absolute atomic E-state index is 0.152. The van der Waals surface area contributed by atoms with Gasteiger partial charge < -0.3 is 19.3 Å². The van der Waals surface area contributed by atoms with Gasteiger partial charge in [-0.2, -0.15) is 4.58 Å². The number of Topliss-reactive ketones (excluding diaryl/α,β-unsaturated/α-hetero) is 2. The molecular weight excluding hydrogens is 743 g/mol. The summed E-state index contributed by atoms with van der Waals surface area (Å²) in [6, 6.07) is 33.6. The Morgan fingerprint density at radius 3 is 1.87 bits per heavy atom. The van der Waals surface area contributed by atoms with Crippen molar-refractivity contribution >= 4 is 40.0 Å². The van der Waals surface area contributed by atoms with Crippen LogP contribution >= 0.6 is 0 Å². The van der Waals surface area contributed by atoms with Gasteiger partial charge in [0.15, 0.2) is 17.3 Å². The van der Waals surface area contributed by atoms with Crippen LogP contribution in [0.5, 0.6) is 0 Å². The number of nitrogens with zero attached hydrogens (tertiary/aromatic N) is 3. The zero-order valence-corrected chi connectivity index (χ0v) is 36.7. The maximum atomic E-state index is 13.2. The second kappa shape index (κ2) is 17.9. The molecule has 0 saturated heterocycles. The Labute approximate surface area is 357 Å². The standard InChI is InChI=1S/C53H60N3O4/c1-52(2)43-35-39(47(57)21-15-33-59-7)25-29-45(43)54(5)49(52)31-27-37-23-24-38(51(37)56(41-17-11-9-12-18-41)42-19-13-10-14-20-42)28-32-50-53(3,4)44-36-40(26-30-46(44)55(50)6)48(58)22-16-34-60-8/h9-14,17-20,25-32,35-36H,15-16,21-24,33-34H2,1-8H3/q+1. The molecule has 0 amide bonds. The van der Waals surface area contributed by atoms with Crippen LogP contribution in [-0.2, 0) is 20.3 Å². The van der Waals surface area contributed by atoms with E-state index >= 15 is 0 Å². The van der Waals surface area contributed by atoms with Crippen LogP contribution in [-0.4, -0.2) is 63.4 Å². The van der Waals surface area contributed by atoms with Crippen LogP contribution in [0.3, 0.4) is 0 Å². The maximum Gasteiger partial charge on any atom is 0.209 e. The number of hydrogen-bond donors (Lipinski definition) is 0. The molecule has 0 radical (unpaired) electrons. The molecule has 0 N–H and O–H groups in total. The summed E-state index contributed by atoms with van der Waals surface area (Å²) in [4.78, 5) is 31.0. The van der Waals surface area contributed by atoms with Crippen molar-refractivity contribution in [3.8, 4) is 0 Å². The molecule has 2 heterocycles. The van der Waals surface area contributed by atoms with Crippen LogP contribution < -0.4 is 9.80 Å². The largest absolute Gasteiger partial charge is 0.385 e. The summed E-state index contributed by atoms with van der Waals surface area (Å²) >= 11 is 0. The van der Waals surface area contributed by atoms with Crippen molar-refractivity contribution in [1.29, 1.82) is 0 Å². The van der Waals surface area contributed by atoms with Crippen LogP contribution in [0.2, 0.25) is 0 Å². The summed E-state index contributed by atoms with van der Waals surface area (Å²) in [5.41, 5.74) is 13.7. The average Bonchev–Trinajstić information content (AvgIpc) is 3.80. The Hall–Kier alpha value is -5.63. The van der Waals surface area contributed by atoms with Crippen LogP contribution in [0.15, 0.2) is 144 Å². The number of carbonyl (C=O) groups is 2. The first-order valence-electron chi connectivity index (χ1n) is 21.3. The minimum Gasteiger partial charge on any atom is -0.385 e. The number of fused-ring (bicyclic) bond motifs is 2. The van der Waals surface area contributed by atoms with Crippen molar-refractivity contribution in [2.75, 3.05) is 51.3 Å². The number of likely N-dealkylation sites (N-methyl/N-ethyl adjacent to an activating group) is 1. The van der Waals surface area contributed by atoms with E-state index in [2.05, 4.69) is 165 Å². The molecule has 0 spiro atoms. The number of hydrogen-bond acceptors (Lipinski definition) is 6. The highest BCUT2D eigenvalue weighted by Crippen LogP contribution is 2.48. The third-order valence-electron chi connectivity index (χ3n) is 12.6. The Kier molecular flexibility index (Phi) is 12.7. The first-order chi connectivity index (χ1) is 28.9. The van der Waals surface area contributed by atoms with Crippen molar-refractivity contribution in [2.24, 2.45) is 0 Å². The molecule has 2 aliphatic heterocycles. The van der Waals surface area contributed by atoms with Gasteiger partial charge in [0, 0.05) is 104 Å². The molecule has 7 heteroatoms. The lowest BCUT2D eigenvalue weighted by Gasteiger charge is -2.29. The fourth-order valence-corrected chi connectivity index (χ4v) is 9.31. The molecule has 0 atom stereocenters. The number of ketones is 2. The number of carbonyl (C=O) groups excluding carboxylic acids is 2. The Bertz CT molecular complexity index is 2380. The molecule has 310 valence electrons. The second-order valence-electron chi connectivity index (χ2n) is 17.2. The van der Waals surface area contributed by atoms with Crippen LogP contribution in [0.1, 0.15) is 98.1 Å². The molecule has 0 unspecified atom stereocenters. The van der Waals surface area contributed by atoms with Gasteiger partial charge >= 0.3 is 0 Å². The number of para-hydroxylation sites is 2. The number of ether oxygens (including phenoxy) is 2. The fourth-order valence-electron chi connectivity index (χ4n) is 9.31. The molecule has 3 aliphatic rings. The van der Waals surface area contributed by atoms with Gasteiger partial charge in [0.2, 0.25) is 5.69 Å². The molecule has 1 aliphatic carbocycles. The summed E-state index contributed by atoms with van der Waals surface area (Å²) in [5.74, 6) is 0.303. The predicted octanol–water partition coefficient (Wildman–Crippen LogP) is 11.6. The molecule has 0 bridgehead atoms. The smallest absolute Gasteiger partial charge is 0.209 e.